The summed E-state index contributed by atoms with van der Waals surface area (Å²) in [6, 6.07) is 8.03. The summed E-state index contributed by atoms with van der Waals surface area (Å²) >= 11 is 8.31. The standard InChI is InChI=1S/C23H30ClN5O2S/c1-14-15(13-30)9-10-23(14,2)29-20-18(21-26-16-7-4-5-8-17(16)32-21)19(24)27-22(28-20)25-11-6-12-31-3/h4-5,7-8,14-15,30H,6,9-13H2,1-3H3,(H2,25,27,28,29)/t14-,15-,23-/m1/s1. The van der Waals surface area contributed by atoms with Crippen molar-refractivity contribution >= 4 is 44.9 Å². The third kappa shape index (κ3) is 4.69. The van der Waals surface area contributed by atoms with Crippen LogP contribution in [0.3, 0.4) is 0 Å². The Balaban J connectivity index is 1.72. The lowest BCUT2D eigenvalue weighted by Crippen LogP contribution is -2.40. The molecule has 7 nitrogen and oxygen atoms in total. The maximum Gasteiger partial charge on any atom is 0.226 e. The minimum atomic E-state index is -0.218. The maximum absolute atomic E-state index is 9.77. The maximum atomic E-state index is 9.77. The fourth-order valence-electron chi connectivity index (χ4n) is 4.37. The topological polar surface area (TPSA) is 92.2 Å². The largest absolute Gasteiger partial charge is 0.396 e. The first-order chi connectivity index (χ1) is 15.4. The number of anilines is 2. The van der Waals surface area contributed by atoms with Gasteiger partial charge in [-0.15, -0.1) is 11.3 Å². The Labute approximate surface area is 197 Å². The van der Waals surface area contributed by atoms with E-state index in [1.165, 1.54) is 0 Å². The van der Waals surface area contributed by atoms with Crippen molar-refractivity contribution < 1.29 is 9.84 Å². The number of halogens is 1. The zero-order valence-corrected chi connectivity index (χ0v) is 20.3. The first-order valence-electron chi connectivity index (χ1n) is 11.0. The van der Waals surface area contributed by atoms with E-state index in [1.54, 1.807) is 18.4 Å². The van der Waals surface area contributed by atoms with Gasteiger partial charge in [0.25, 0.3) is 0 Å². The number of nitrogens with zero attached hydrogens (tertiary/aromatic N) is 3. The fourth-order valence-corrected chi connectivity index (χ4v) is 5.70. The van der Waals surface area contributed by atoms with Crippen LogP contribution in [0.5, 0.6) is 0 Å². The van der Waals surface area contributed by atoms with E-state index < -0.39 is 0 Å². The molecule has 0 saturated heterocycles. The van der Waals surface area contributed by atoms with E-state index in [4.69, 9.17) is 26.3 Å². The molecule has 0 unspecified atom stereocenters. The van der Waals surface area contributed by atoms with E-state index in [1.807, 2.05) is 18.2 Å². The minimum Gasteiger partial charge on any atom is -0.396 e. The molecule has 1 fully saturated rings. The molecule has 1 saturated carbocycles. The third-order valence-electron chi connectivity index (χ3n) is 6.57. The molecule has 0 spiro atoms. The molecule has 1 aliphatic carbocycles. The minimum absolute atomic E-state index is 0.194. The van der Waals surface area contributed by atoms with Gasteiger partial charge >= 0.3 is 0 Å². The quantitative estimate of drug-likeness (QED) is 0.294. The molecule has 3 atom stereocenters. The predicted molar refractivity (Wildman–Crippen MR) is 132 cm³/mol. The lowest BCUT2D eigenvalue weighted by atomic mass is 9.86. The van der Waals surface area contributed by atoms with Crippen LogP contribution in [0, 0.1) is 11.8 Å². The van der Waals surface area contributed by atoms with Crippen LogP contribution < -0.4 is 10.6 Å². The lowest BCUT2D eigenvalue weighted by molar-refractivity contribution is 0.187. The number of aliphatic hydroxyl groups is 1. The summed E-state index contributed by atoms with van der Waals surface area (Å²) in [4.78, 5) is 14.1. The molecule has 3 aromatic rings. The number of para-hydroxylation sites is 1. The predicted octanol–water partition coefficient (Wildman–Crippen LogP) is 5.06. The average Bonchev–Trinajstić information content (AvgIpc) is 3.32. The number of thiazole rings is 1. The highest BCUT2D eigenvalue weighted by Crippen LogP contribution is 2.45. The van der Waals surface area contributed by atoms with Crippen molar-refractivity contribution in [2.45, 2.75) is 38.6 Å². The molecule has 0 bridgehead atoms. The molecule has 0 radical (unpaired) electrons. The van der Waals surface area contributed by atoms with E-state index >= 15 is 0 Å². The van der Waals surface area contributed by atoms with Crippen LogP contribution in [0.1, 0.15) is 33.1 Å². The van der Waals surface area contributed by atoms with Crippen LogP contribution in [-0.2, 0) is 4.74 Å². The third-order valence-corrected chi connectivity index (χ3v) is 7.89. The van der Waals surface area contributed by atoms with E-state index in [0.717, 1.165) is 40.1 Å². The van der Waals surface area contributed by atoms with Gasteiger partial charge in [-0.2, -0.15) is 4.98 Å². The number of aliphatic hydroxyl groups excluding tert-OH is 1. The van der Waals surface area contributed by atoms with Crippen molar-refractivity contribution in [1.82, 2.24) is 15.0 Å². The van der Waals surface area contributed by atoms with Gasteiger partial charge < -0.3 is 20.5 Å². The van der Waals surface area contributed by atoms with E-state index in [0.29, 0.717) is 30.1 Å². The summed E-state index contributed by atoms with van der Waals surface area (Å²) < 4.78 is 6.21. The van der Waals surface area contributed by atoms with Crippen LogP contribution in [0.15, 0.2) is 24.3 Å². The zero-order valence-electron chi connectivity index (χ0n) is 18.7. The summed E-state index contributed by atoms with van der Waals surface area (Å²) in [5, 5.41) is 17.9. The second-order valence-electron chi connectivity index (χ2n) is 8.63. The number of hydrogen-bond donors (Lipinski definition) is 3. The van der Waals surface area contributed by atoms with Crippen molar-refractivity contribution in [3.8, 4) is 10.6 Å². The molecule has 1 aliphatic rings. The molecule has 172 valence electrons. The molecule has 0 aliphatic heterocycles. The number of ether oxygens (including phenoxy) is 1. The van der Waals surface area contributed by atoms with Crippen LogP contribution in [-0.4, -0.2) is 52.5 Å². The Morgan fingerprint density at radius 2 is 2.09 bits per heavy atom. The molecule has 0 amide bonds. The molecule has 9 heteroatoms. The highest BCUT2D eigenvalue weighted by atomic mass is 35.5. The molecular weight excluding hydrogens is 446 g/mol. The highest BCUT2D eigenvalue weighted by molar-refractivity contribution is 7.21. The van der Waals surface area contributed by atoms with Gasteiger partial charge in [-0.3, -0.25) is 0 Å². The average molecular weight is 476 g/mol. The molecule has 3 N–H and O–H groups in total. The number of benzene rings is 1. The Kier molecular flexibility index (Phi) is 7.14. The van der Waals surface area contributed by atoms with Gasteiger partial charge in [-0.05, 0) is 50.2 Å². The summed E-state index contributed by atoms with van der Waals surface area (Å²) in [5.74, 6) is 1.70. The smallest absolute Gasteiger partial charge is 0.226 e. The molecule has 4 rings (SSSR count). The van der Waals surface area contributed by atoms with Crippen LogP contribution in [0.25, 0.3) is 20.8 Å². The number of methoxy groups -OCH3 is 1. The van der Waals surface area contributed by atoms with E-state index in [-0.39, 0.29) is 24.0 Å². The van der Waals surface area contributed by atoms with Crippen LogP contribution in [0.2, 0.25) is 5.15 Å². The van der Waals surface area contributed by atoms with Crippen molar-refractivity contribution in [3.05, 3.63) is 29.4 Å². The Hall–Kier alpha value is -2.00. The van der Waals surface area contributed by atoms with Crippen molar-refractivity contribution in [3.63, 3.8) is 0 Å². The van der Waals surface area contributed by atoms with Gasteiger partial charge in [-0.1, -0.05) is 30.7 Å². The summed E-state index contributed by atoms with van der Waals surface area (Å²) in [6.45, 7) is 5.92. The van der Waals surface area contributed by atoms with Gasteiger partial charge in [0, 0.05) is 32.4 Å². The lowest BCUT2D eigenvalue weighted by Gasteiger charge is -2.33. The summed E-state index contributed by atoms with van der Waals surface area (Å²) in [7, 11) is 1.69. The second-order valence-corrected chi connectivity index (χ2v) is 10.0. The van der Waals surface area contributed by atoms with Gasteiger partial charge in [0.05, 0.1) is 15.8 Å². The Morgan fingerprint density at radius 3 is 2.81 bits per heavy atom. The van der Waals surface area contributed by atoms with Gasteiger partial charge in [0.15, 0.2) is 0 Å². The Morgan fingerprint density at radius 1 is 1.28 bits per heavy atom. The SMILES string of the molecule is COCCCNc1nc(Cl)c(-c2nc3ccccc3s2)c(N[C@]2(C)CC[C@H](CO)[C@H]2C)n1. The van der Waals surface area contributed by atoms with Crippen molar-refractivity contribution in [2.75, 3.05) is 37.5 Å². The molecule has 32 heavy (non-hydrogen) atoms. The van der Waals surface area contributed by atoms with Gasteiger partial charge in [0.2, 0.25) is 5.95 Å². The Bertz CT molecular complexity index is 1040. The number of aromatic nitrogens is 3. The second kappa shape index (κ2) is 9.87. The number of hydrogen-bond acceptors (Lipinski definition) is 8. The number of rotatable bonds is 9. The first kappa shape index (κ1) is 23.2. The fraction of sp³-hybridized carbons (Fsp3) is 0.522. The number of fused-ring (bicyclic) bond motifs is 1. The molecule has 2 aromatic heterocycles. The molecule has 1 aromatic carbocycles. The van der Waals surface area contributed by atoms with Gasteiger partial charge in [-0.25, -0.2) is 9.97 Å². The van der Waals surface area contributed by atoms with Crippen molar-refractivity contribution in [1.29, 1.82) is 0 Å². The molecule has 2 heterocycles. The van der Waals surface area contributed by atoms with E-state index in [9.17, 15) is 5.11 Å². The monoisotopic (exact) mass is 475 g/mol. The van der Waals surface area contributed by atoms with Crippen LogP contribution >= 0.6 is 22.9 Å². The molecular formula is C23H30ClN5O2S. The highest BCUT2D eigenvalue weighted by Gasteiger charge is 2.43. The normalized spacial score (nSPS) is 23.0. The number of nitrogens with one attached hydrogen (secondary N) is 2. The zero-order chi connectivity index (χ0) is 22.7. The van der Waals surface area contributed by atoms with Crippen molar-refractivity contribution in [2.24, 2.45) is 11.8 Å². The van der Waals surface area contributed by atoms with Crippen LogP contribution in [0.4, 0.5) is 11.8 Å². The first-order valence-corrected chi connectivity index (χ1v) is 12.2. The van der Waals surface area contributed by atoms with Gasteiger partial charge in [0.1, 0.15) is 16.0 Å². The summed E-state index contributed by atoms with van der Waals surface area (Å²) in [6.07, 6.45) is 2.75. The van der Waals surface area contributed by atoms with E-state index in [2.05, 4.69) is 35.5 Å². The summed E-state index contributed by atoms with van der Waals surface area (Å²) in [5.41, 5.74) is 1.43.